The standard InChI is InChI=1S/C23H24FN9O/c1-23(20(34)27-15-5-8-17(24)25-12-15)9-3-11-33(23)22-29-19-4-2-10-32(19)21(30-22)28-18-13-31(14-26-18)16-6-7-16/h2,4-5,8,10,12-14,16H,3,6-7,9,11H2,1H3,(H,27,34)(H,28,29,30)/t23-/m0/s1. The Labute approximate surface area is 194 Å². The molecule has 4 aromatic rings. The smallest absolute Gasteiger partial charge is 0.250 e. The quantitative estimate of drug-likeness (QED) is 0.423. The number of nitrogens with one attached hydrogen (secondary N) is 2. The van der Waals surface area contributed by atoms with Gasteiger partial charge in [-0.1, -0.05) is 0 Å². The summed E-state index contributed by atoms with van der Waals surface area (Å²) in [5.41, 5.74) is 0.284. The summed E-state index contributed by atoms with van der Waals surface area (Å²) in [7, 11) is 0. The third-order valence-electron chi connectivity index (χ3n) is 6.54. The van der Waals surface area contributed by atoms with Crippen LogP contribution in [-0.2, 0) is 4.79 Å². The Morgan fingerprint density at radius 3 is 2.88 bits per heavy atom. The molecule has 4 aromatic heterocycles. The molecule has 1 atom stereocenters. The molecule has 2 aliphatic rings. The van der Waals surface area contributed by atoms with Gasteiger partial charge in [-0.3, -0.25) is 9.20 Å². The van der Waals surface area contributed by atoms with Gasteiger partial charge in [-0.25, -0.2) is 9.97 Å². The zero-order valence-corrected chi connectivity index (χ0v) is 18.6. The minimum absolute atomic E-state index is 0.213. The van der Waals surface area contributed by atoms with E-state index in [0.29, 0.717) is 48.1 Å². The molecule has 1 aliphatic heterocycles. The van der Waals surface area contributed by atoms with E-state index in [4.69, 9.17) is 9.97 Å². The molecule has 0 radical (unpaired) electrons. The molecule has 0 unspecified atom stereocenters. The van der Waals surface area contributed by atoms with Gasteiger partial charge in [0, 0.05) is 25.0 Å². The van der Waals surface area contributed by atoms with Crippen molar-refractivity contribution in [3.63, 3.8) is 0 Å². The predicted molar refractivity (Wildman–Crippen MR) is 125 cm³/mol. The highest BCUT2D eigenvalue weighted by Crippen LogP contribution is 2.36. The van der Waals surface area contributed by atoms with Crippen molar-refractivity contribution in [1.29, 1.82) is 0 Å². The lowest BCUT2D eigenvalue weighted by Crippen LogP contribution is -2.51. The first-order valence-electron chi connectivity index (χ1n) is 11.4. The first-order valence-corrected chi connectivity index (χ1v) is 11.4. The number of fused-ring (bicyclic) bond motifs is 1. The number of imidazole rings is 1. The molecule has 2 fully saturated rings. The summed E-state index contributed by atoms with van der Waals surface area (Å²) < 4.78 is 17.1. The molecule has 1 aliphatic carbocycles. The zero-order valence-electron chi connectivity index (χ0n) is 18.6. The molecule has 34 heavy (non-hydrogen) atoms. The monoisotopic (exact) mass is 461 g/mol. The van der Waals surface area contributed by atoms with E-state index in [9.17, 15) is 9.18 Å². The Balaban J connectivity index is 1.31. The normalized spacial score (nSPS) is 20.1. The van der Waals surface area contributed by atoms with Crippen molar-refractivity contribution >= 4 is 35.0 Å². The average Bonchev–Trinajstić information content (AvgIpc) is 3.20. The van der Waals surface area contributed by atoms with Gasteiger partial charge in [-0.05, 0) is 56.9 Å². The van der Waals surface area contributed by atoms with E-state index in [-0.39, 0.29) is 5.91 Å². The van der Waals surface area contributed by atoms with E-state index in [1.165, 1.54) is 31.2 Å². The highest BCUT2D eigenvalue weighted by Gasteiger charge is 2.45. The van der Waals surface area contributed by atoms with Gasteiger partial charge in [-0.2, -0.15) is 14.4 Å². The van der Waals surface area contributed by atoms with Crippen LogP contribution in [0, 0.1) is 5.95 Å². The molecule has 1 saturated carbocycles. The lowest BCUT2D eigenvalue weighted by Gasteiger charge is -2.34. The van der Waals surface area contributed by atoms with Crippen LogP contribution in [0.1, 0.15) is 38.6 Å². The largest absolute Gasteiger partial charge is 0.332 e. The lowest BCUT2D eigenvalue weighted by molar-refractivity contribution is -0.120. The van der Waals surface area contributed by atoms with Gasteiger partial charge >= 0.3 is 0 Å². The molecule has 6 rings (SSSR count). The third kappa shape index (κ3) is 3.62. The molecule has 1 amide bonds. The van der Waals surface area contributed by atoms with Crippen LogP contribution in [0.15, 0.2) is 49.2 Å². The number of rotatable bonds is 6. The van der Waals surface area contributed by atoms with Crippen molar-refractivity contribution in [2.45, 2.75) is 44.2 Å². The zero-order chi connectivity index (χ0) is 23.3. The van der Waals surface area contributed by atoms with Gasteiger partial charge in [0.2, 0.25) is 23.8 Å². The van der Waals surface area contributed by atoms with Crippen molar-refractivity contribution in [3.05, 3.63) is 55.1 Å². The van der Waals surface area contributed by atoms with Crippen LogP contribution in [0.5, 0.6) is 0 Å². The number of nitrogens with zero attached hydrogens (tertiary/aromatic N) is 7. The van der Waals surface area contributed by atoms with Crippen molar-refractivity contribution in [2.24, 2.45) is 0 Å². The number of hydrogen-bond acceptors (Lipinski definition) is 7. The molecule has 0 bridgehead atoms. The maximum Gasteiger partial charge on any atom is 0.250 e. The van der Waals surface area contributed by atoms with Crippen LogP contribution >= 0.6 is 0 Å². The molecular weight excluding hydrogens is 437 g/mol. The van der Waals surface area contributed by atoms with Gasteiger partial charge in [0.1, 0.15) is 11.2 Å². The summed E-state index contributed by atoms with van der Waals surface area (Å²) in [4.78, 5) is 32.8. The average molecular weight is 462 g/mol. The minimum Gasteiger partial charge on any atom is -0.332 e. The first-order chi connectivity index (χ1) is 16.5. The second-order valence-corrected chi connectivity index (χ2v) is 9.00. The number of amides is 1. The summed E-state index contributed by atoms with van der Waals surface area (Å²) in [6, 6.07) is 7.05. The topological polar surface area (TPSA) is 105 Å². The highest BCUT2D eigenvalue weighted by molar-refractivity contribution is 6.00. The van der Waals surface area contributed by atoms with E-state index < -0.39 is 11.5 Å². The summed E-state index contributed by atoms with van der Waals surface area (Å²) in [6.45, 7) is 2.51. The van der Waals surface area contributed by atoms with E-state index in [1.54, 1.807) is 0 Å². The molecule has 1 saturated heterocycles. The van der Waals surface area contributed by atoms with Crippen LogP contribution in [-0.4, -0.2) is 46.9 Å². The fraction of sp³-hybridized carbons (Fsp3) is 0.348. The van der Waals surface area contributed by atoms with Crippen LogP contribution < -0.4 is 15.5 Å². The van der Waals surface area contributed by atoms with Crippen molar-refractivity contribution in [2.75, 3.05) is 22.1 Å². The SMILES string of the molecule is C[C@@]1(C(=O)Nc2ccc(F)nc2)CCCN1c1nc(Nc2cn(C3CC3)cn2)n2cccc2n1. The van der Waals surface area contributed by atoms with Crippen molar-refractivity contribution in [1.82, 2.24) is 28.9 Å². The number of halogens is 1. The minimum atomic E-state index is -0.871. The highest BCUT2D eigenvalue weighted by atomic mass is 19.1. The van der Waals surface area contributed by atoms with E-state index >= 15 is 0 Å². The van der Waals surface area contributed by atoms with Gasteiger partial charge in [0.15, 0.2) is 5.82 Å². The second-order valence-electron chi connectivity index (χ2n) is 9.00. The second kappa shape index (κ2) is 7.79. The van der Waals surface area contributed by atoms with Crippen LogP contribution in [0.3, 0.4) is 0 Å². The van der Waals surface area contributed by atoms with Crippen LogP contribution in [0.2, 0.25) is 0 Å². The number of carbonyl (C=O) groups excluding carboxylic acids is 1. The Hall–Kier alpha value is -4.02. The Morgan fingerprint density at radius 2 is 2.09 bits per heavy atom. The predicted octanol–water partition coefficient (Wildman–Crippen LogP) is 3.54. The maximum absolute atomic E-state index is 13.3. The Morgan fingerprint density at radius 1 is 1.21 bits per heavy atom. The Bertz CT molecular complexity index is 1360. The number of anilines is 4. The first kappa shape index (κ1) is 20.6. The number of pyridine rings is 1. The van der Waals surface area contributed by atoms with Gasteiger partial charge in [0.05, 0.1) is 18.2 Å². The van der Waals surface area contributed by atoms with Crippen molar-refractivity contribution < 1.29 is 9.18 Å². The summed E-state index contributed by atoms with van der Waals surface area (Å²) in [5, 5.41) is 6.17. The maximum atomic E-state index is 13.3. The van der Waals surface area contributed by atoms with E-state index in [0.717, 1.165) is 6.42 Å². The fourth-order valence-electron chi connectivity index (χ4n) is 4.45. The third-order valence-corrected chi connectivity index (χ3v) is 6.54. The molecule has 0 spiro atoms. The fourth-order valence-corrected chi connectivity index (χ4v) is 4.45. The molecule has 11 heteroatoms. The number of carbonyl (C=O) groups is 1. The molecule has 10 nitrogen and oxygen atoms in total. The molecule has 5 heterocycles. The van der Waals surface area contributed by atoms with Crippen LogP contribution in [0.25, 0.3) is 5.65 Å². The van der Waals surface area contributed by atoms with Crippen LogP contribution in [0.4, 0.5) is 27.8 Å². The summed E-state index contributed by atoms with van der Waals surface area (Å²) in [6.07, 6.45) is 10.8. The molecule has 0 aromatic carbocycles. The lowest BCUT2D eigenvalue weighted by atomic mass is 9.97. The van der Waals surface area contributed by atoms with Gasteiger partial charge in [0.25, 0.3) is 0 Å². The number of hydrogen-bond donors (Lipinski definition) is 2. The van der Waals surface area contributed by atoms with Crippen molar-refractivity contribution in [3.8, 4) is 0 Å². The number of aromatic nitrogens is 6. The summed E-state index contributed by atoms with van der Waals surface area (Å²) in [5.74, 6) is 0.931. The molecule has 2 N–H and O–H groups in total. The molecule has 174 valence electrons. The van der Waals surface area contributed by atoms with E-state index in [2.05, 4.69) is 25.2 Å². The van der Waals surface area contributed by atoms with Gasteiger partial charge in [-0.15, -0.1) is 0 Å². The molecular formula is C23H24FN9O. The van der Waals surface area contributed by atoms with E-state index in [1.807, 2.05) is 47.1 Å². The summed E-state index contributed by atoms with van der Waals surface area (Å²) >= 11 is 0. The Kier molecular flexibility index (Phi) is 4.71. The van der Waals surface area contributed by atoms with Gasteiger partial charge < -0.3 is 20.1 Å².